The summed E-state index contributed by atoms with van der Waals surface area (Å²) in [6.07, 6.45) is 1.58. The normalized spacial score (nSPS) is 12.8. The molecule has 2 heterocycles. The summed E-state index contributed by atoms with van der Waals surface area (Å²) < 4.78 is 5.39. The van der Waals surface area contributed by atoms with Crippen molar-refractivity contribution in [2.75, 3.05) is 16.8 Å². The molecule has 0 bridgehead atoms. The summed E-state index contributed by atoms with van der Waals surface area (Å²) in [6, 6.07) is 11.2. The van der Waals surface area contributed by atoms with E-state index in [0.717, 1.165) is 4.90 Å². The minimum Gasteiger partial charge on any atom is -0.494 e. The predicted molar refractivity (Wildman–Crippen MR) is 105 cm³/mol. The minimum absolute atomic E-state index is 0.200. The highest BCUT2D eigenvalue weighted by Crippen LogP contribution is 2.30. The van der Waals surface area contributed by atoms with Crippen LogP contribution in [0.25, 0.3) is 0 Å². The number of hydrogen-bond donors (Lipinski definition) is 1. The third kappa shape index (κ3) is 3.14. The number of amides is 3. The number of carbonyl (C=O) groups is 3. The number of thiazole rings is 1. The molecule has 28 heavy (non-hydrogen) atoms. The lowest BCUT2D eigenvalue weighted by Crippen LogP contribution is -2.29. The molecule has 1 aliphatic rings. The molecule has 0 aliphatic carbocycles. The van der Waals surface area contributed by atoms with Crippen LogP contribution >= 0.6 is 11.3 Å². The molecule has 0 saturated carbocycles. The fourth-order valence-corrected chi connectivity index (χ4v) is 3.45. The molecule has 1 aromatic heterocycles. The summed E-state index contributed by atoms with van der Waals surface area (Å²) in [4.78, 5) is 43.0. The summed E-state index contributed by atoms with van der Waals surface area (Å²) in [5, 5.41) is 4.87. The zero-order valence-corrected chi connectivity index (χ0v) is 15.7. The number of hydrogen-bond acceptors (Lipinski definition) is 6. The second kappa shape index (κ2) is 7.24. The van der Waals surface area contributed by atoms with Crippen LogP contribution in [0.3, 0.4) is 0 Å². The lowest BCUT2D eigenvalue weighted by atomic mass is 10.1. The van der Waals surface area contributed by atoms with E-state index in [-0.39, 0.29) is 16.7 Å². The van der Waals surface area contributed by atoms with Crippen LogP contribution in [0.2, 0.25) is 0 Å². The highest BCUT2D eigenvalue weighted by molar-refractivity contribution is 7.13. The first-order chi connectivity index (χ1) is 13.6. The zero-order chi connectivity index (χ0) is 19.7. The van der Waals surface area contributed by atoms with Gasteiger partial charge < -0.3 is 4.74 Å². The molecule has 3 aromatic rings. The molecule has 1 N–H and O–H groups in total. The van der Waals surface area contributed by atoms with Gasteiger partial charge in [-0.3, -0.25) is 19.7 Å². The predicted octanol–water partition coefficient (Wildman–Crippen LogP) is 3.59. The van der Waals surface area contributed by atoms with Crippen LogP contribution in [0.4, 0.5) is 10.8 Å². The molecule has 0 atom stereocenters. The smallest absolute Gasteiger partial charge is 0.266 e. The van der Waals surface area contributed by atoms with E-state index in [4.69, 9.17) is 4.74 Å². The lowest BCUT2D eigenvalue weighted by molar-refractivity contribution is 0.0925. The van der Waals surface area contributed by atoms with E-state index < -0.39 is 17.7 Å². The van der Waals surface area contributed by atoms with Crippen LogP contribution in [-0.4, -0.2) is 29.3 Å². The molecule has 140 valence electrons. The summed E-state index contributed by atoms with van der Waals surface area (Å²) in [7, 11) is 0. The molecule has 2 aromatic carbocycles. The Labute approximate surface area is 164 Å². The summed E-state index contributed by atoms with van der Waals surface area (Å²) in [5.74, 6) is -0.620. The van der Waals surface area contributed by atoms with Gasteiger partial charge in [0.2, 0.25) is 0 Å². The largest absolute Gasteiger partial charge is 0.494 e. The van der Waals surface area contributed by atoms with Gasteiger partial charge in [-0.1, -0.05) is 0 Å². The summed E-state index contributed by atoms with van der Waals surface area (Å²) in [5.41, 5.74) is 1.20. The number of imide groups is 1. The van der Waals surface area contributed by atoms with Crippen LogP contribution in [0, 0.1) is 0 Å². The van der Waals surface area contributed by atoms with Gasteiger partial charge >= 0.3 is 0 Å². The maximum atomic E-state index is 12.8. The lowest BCUT2D eigenvalue weighted by Gasteiger charge is -2.14. The number of ether oxygens (including phenoxy) is 1. The number of nitrogens with one attached hydrogen (secondary N) is 1. The highest BCUT2D eigenvalue weighted by atomic mass is 32.1. The molecule has 0 fully saturated rings. The summed E-state index contributed by atoms with van der Waals surface area (Å²) in [6.45, 7) is 2.40. The van der Waals surface area contributed by atoms with Crippen molar-refractivity contribution in [3.63, 3.8) is 0 Å². The van der Waals surface area contributed by atoms with Gasteiger partial charge in [0.1, 0.15) is 5.75 Å². The number of fused-ring (bicyclic) bond motifs is 1. The van der Waals surface area contributed by atoms with Crippen LogP contribution in [0.15, 0.2) is 54.0 Å². The first-order valence-electron chi connectivity index (χ1n) is 8.55. The molecule has 7 nitrogen and oxygen atoms in total. The van der Waals surface area contributed by atoms with Gasteiger partial charge in [-0.15, -0.1) is 11.3 Å². The maximum absolute atomic E-state index is 12.8. The Morgan fingerprint density at radius 3 is 2.54 bits per heavy atom. The van der Waals surface area contributed by atoms with E-state index in [1.807, 2.05) is 6.92 Å². The Balaban J connectivity index is 1.61. The molecule has 3 amide bonds. The van der Waals surface area contributed by atoms with Crippen molar-refractivity contribution in [3.05, 3.63) is 70.7 Å². The van der Waals surface area contributed by atoms with Crippen LogP contribution in [0.1, 0.15) is 38.0 Å². The second-order valence-electron chi connectivity index (χ2n) is 5.92. The van der Waals surface area contributed by atoms with E-state index in [1.165, 1.54) is 29.5 Å². The van der Waals surface area contributed by atoms with Crippen molar-refractivity contribution < 1.29 is 19.1 Å². The van der Waals surface area contributed by atoms with E-state index in [1.54, 1.807) is 35.8 Å². The molecular formula is C20H15N3O4S. The third-order valence-corrected chi connectivity index (χ3v) is 4.90. The maximum Gasteiger partial charge on any atom is 0.266 e. The standard InChI is InChI=1S/C20H15N3O4S/c1-2-27-14-6-4-13(5-7-14)23-18(25)15-8-3-12(11-16(15)19(23)26)17(24)22-20-21-9-10-28-20/h3-11H,2H2,1H3,(H,21,22,24). The van der Waals surface area contributed by atoms with Crippen LogP contribution in [-0.2, 0) is 0 Å². The molecule has 0 radical (unpaired) electrons. The van der Waals surface area contributed by atoms with Gasteiger partial charge in [0, 0.05) is 17.1 Å². The fraction of sp³-hybridized carbons (Fsp3) is 0.100. The highest BCUT2D eigenvalue weighted by Gasteiger charge is 2.37. The van der Waals surface area contributed by atoms with Crippen molar-refractivity contribution in [2.24, 2.45) is 0 Å². The Morgan fingerprint density at radius 1 is 1.11 bits per heavy atom. The Kier molecular flexibility index (Phi) is 4.62. The van der Waals surface area contributed by atoms with Gasteiger partial charge in [0.15, 0.2) is 5.13 Å². The number of rotatable bonds is 5. The van der Waals surface area contributed by atoms with Gasteiger partial charge in [0.25, 0.3) is 17.7 Å². The molecular weight excluding hydrogens is 378 g/mol. The SMILES string of the molecule is CCOc1ccc(N2C(=O)c3ccc(C(=O)Nc4nccs4)cc3C2=O)cc1. The topological polar surface area (TPSA) is 88.6 Å². The van der Waals surface area contributed by atoms with E-state index >= 15 is 0 Å². The Bertz CT molecular complexity index is 1060. The first kappa shape index (κ1) is 17.9. The number of nitrogens with zero attached hydrogens (tertiary/aromatic N) is 2. The van der Waals surface area contributed by atoms with E-state index in [2.05, 4.69) is 10.3 Å². The van der Waals surface area contributed by atoms with Gasteiger partial charge in [0.05, 0.1) is 23.4 Å². The number of carbonyl (C=O) groups excluding carboxylic acids is 3. The monoisotopic (exact) mass is 393 g/mol. The molecule has 0 unspecified atom stereocenters. The molecule has 0 spiro atoms. The van der Waals surface area contributed by atoms with Crippen molar-refractivity contribution in [2.45, 2.75) is 6.92 Å². The van der Waals surface area contributed by atoms with Crippen molar-refractivity contribution in [1.29, 1.82) is 0 Å². The Morgan fingerprint density at radius 2 is 1.86 bits per heavy atom. The minimum atomic E-state index is -0.465. The van der Waals surface area contributed by atoms with Crippen molar-refractivity contribution in [3.8, 4) is 5.75 Å². The molecule has 8 heteroatoms. The van der Waals surface area contributed by atoms with E-state index in [9.17, 15) is 14.4 Å². The van der Waals surface area contributed by atoms with Crippen molar-refractivity contribution >= 4 is 39.9 Å². The number of benzene rings is 2. The average Bonchev–Trinajstić information content (AvgIpc) is 3.30. The number of anilines is 2. The zero-order valence-electron chi connectivity index (χ0n) is 14.8. The van der Waals surface area contributed by atoms with Crippen molar-refractivity contribution in [1.82, 2.24) is 4.98 Å². The van der Waals surface area contributed by atoms with E-state index in [0.29, 0.717) is 23.2 Å². The van der Waals surface area contributed by atoms with Gasteiger partial charge in [-0.05, 0) is 49.4 Å². The molecule has 0 saturated heterocycles. The second-order valence-corrected chi connectivity index (χ2v) is 6.82. The molecule has 1 aliphatic heterocycles. The molecule has 4 rings (SSSR count). The quantitative estimate of drug-likeness (QED) is 0.669. The van der Waals surface area contributed by atoms with Gasteiger partial charge in [-0.25, -0.2) is 9.88 Å². The average molecular weight is 393 g/mol. The first-order valence-corrected chi connectivity index (χ1v) is 9.43. The fourth-order valence-electron chi connectivity index (χ4n) is 2.93. The number of aromatic nitrogens is 1. The van der Waals surface area contributed by atoms with Gasteiger partial charge in [-0.2, -0.15) is 0 Å². The Hall–Kier alpha value is -3.52. The van der Waals surface area contributed by atoms with Crippen LogP contribution in [0.5, 0.6) is 5.75 Å². The summed E-state index contributed by atoms with van der Waals surface area (Å²) >= 11 is 1.29. The third-order valence-electron chi connectivity index (χ3n) is 4.21. The van der Waals surface area contributed by atoms with Crippen LogP contribution < -0.4 is 15.0 Å².